The number of carbonyl (C=O) groups is 1. The summed E-state index contributed by atoms with van der Waals surface area (Å²) < 4.78 is 12.5. The van der Waals surface area contributed by atoms with E-state index in [4.69, 9.17) is 19.2 Å². The molecule has 0 aromatic rings. The average molecular weight is 489 g/mol. The minimum absolute atomic E-state index is 0.0125. The quantitative estimate of drug-likeness (QED) is 0.329. The molecule has 4 heterocycles. The van der Waals surface area contributed by atoms with Gasteiger partial charge in [-0.3, -0.25) is 4.79 Å². The van der Waals surface area contributed by atoms with Crippen molar-refractivity contribution in [3.05, 3.63) is 23.3 Å². The topological polar surface area (TPSA) is 77.5 Å². The predicted molar refractivity (Wildman–Crippen MR) is 132 cm³/mol. The molecule has 0 spiro atoms. The second kappa shape index (κ2) is 7.28. The number of ketones is 1. The number of allylic oxidation sites excluding steroid dienone is 1. The second-order valence-electron chi connectivity index (χ2n) is 13.5. The van der Waals surface area contributed by atoms with Gasteiger partial charge in [0.2, 0.25) is 0 Å². The molecule has 4 fully saturated rings. The molecule has 1 saturated carbocycles. The minimum Gasteiger partial charge on any atom is -0.392 e. The van der Waals surface area contributed by atoms with Crippen molar-refractivity contribution < 1.29 is 29.1 Å². The van der Waals surface area contributed by atoms with Gasteiger partial charge in [0, 0.05) is 28.6 Å². The third-order valence-corrected chi connectivity index (χ3v) is 10.6. The molecule has 35 heavy (non-hydrogen) atoms. The van der Waals surface area contributed by atoms with Crippen LogP contribution in [-0.4, -0.2) is 52.1 Å². The highest BCUT2D eigenvalue weighted by molar-refractivity contribution is 5.83. The van der Waals surface area contributed by atoms with Gasteiger partial charge in [0.25, 0.3) is 0 Å². The summed E-state index contributed by atoms with van der Waals surface area (Å²) in [7, 11) is 0. The standard InChI is InChI=1S/C29H44O6/c1-14(2)19(30)17(5)21(31)27(9)20(15(3)12-26(8)24-29(11,33-24)18(6)32-26)28(10)22-16(4)13-25(7,23(27)28)35-34-22/h12-14,17-18,20-24,31H,1-11H3/b15-12+/t17-,18+,20+,21-,22+,23-,24-,25-,26-,27-,28-,29+/m0/s1. The fourth-order valence-electron chi connectivity index (χ4n) is 9.58. The molecule has 0 amide bonds. The molecule has 2 bridgehead atoms. The number of aliphatic hydroxyl groups is 1. The zero-order valence-corrected chi connectivity index (χ0v) is 23.3. The van der Waals surface area contributed by atoms with Crippen molar-refractivity contribution in [3.8, 4) is 0 Å². The van der Waals surface area contributed by atoms with Gasteiger partial charge in [-0.05, 0) is 59.1 Å². The first-order chi connectivity index (χ1) is 16.0. The van der Waals surface area contributed by atoms with Gasteiger partial charge in [-0.15, -0.1) is 0 Å². The van der Waals surface area contributed by atoms with Crippen LogP contribution in [0.5, 0.6) is 0 Å². The van der Waals surface area contributed by atoms with Crippen molar-refractivity contribution in [1.82, 2.24) is 0 Å². The van der Waals surface area contributed by atoms with Crippen molar-refractivity contribution >= 4 is 5.78 Å². The lowest BCUT2D eigenvalue weighted by Gasteiger charge is -2.77. The van der Waals surface area contributed by atoms with Crippen molar-refractivity contribution in [3.63, 3.8) is 0 Å². The molecule has 3 saturated heterocycles. The number of ether oxygens (including phenoxy) is 2. The summed E-state index contributed by atoms with van der Waals surface area (Å²) in [6.45, 7) is 22.7. The third-order valence-electron chi connectivity index (χ3n) is 10.6. The number of aliphatic hydroxyl groups excluding tert-OH is 1. The fraction of sp³-hybridized carbons (Fsp3) is 0.828. The van der Waals surface area contributed by atoms with Crippen molar-refractivity contribution in [1.29, 1.82) is 0 Å². The van der Waals surface area contributed by atoms with Gasteiger partial charge in [0.05, 0.1) is 12.2 Å². The van der Waals surface area contributed by atoms with Crippen LogP contribution in [-0.2, 0) is 24.0 Å². The van der Waals surface area contributed by atoms with E-state index in [1.807, 2.05) is 20.8 Å². The van der Waals surface area contributed by atoms with Gasteiger partial charge in [0.15, 0.2) is 0 Å². The average Bonchev–Trinajstić information content (AvgIpc) is 3.40. The summed E-state index contributed by atoms with van der Waals surface area (Å²) in [5.41, 5.74) is -0.0405. The van der Waals surface area contributed by atoms with E-state index in [0.717, 1.165) is 11.1 Å². The number of Topliss-reactive ketones (excluding diaryl/α,β-unsaturated/α-hetero) is 1. The monoisotopic (exact) mass is 488 g/mol. The number of hydrogen-bond acceptors (Lipinski definition) is 6. The summed E-state index contributed by atoms with van der Waals surface area (Å²) in [5, 5.41) is 11.9. The Bertz CT molecular complexity index is 1020. The van der Waals surface area contributed by atoms with E-state index in [1.165, 1.54) is 0 Å². The van der Waals surface area contributed by atoms with Crippen LogP contribution in [0.1, 0.15) is 76.2 Å². The molecule has 12 atom stereocenters. The summed E-state index contributed by atoms with van der Waals surface area (Å²) in [5.74, 6) is -0.583. The highest BCUT2D eigenvalue weighted by atomic mass is 17.2. The maximum Gasteiger partial charge on any atom is 0.140 e. The molecule has 4 aliphatic heterocycles. The lowest BCUT2D eigenvalue weighted by molar-refractivity contribution is -0.489. The highest BCUT2D eigenvalue weighted by Gasteiger charge is 2.80. The molecule has 0 radical (unpaired) electrons. The molecular weight excluding hydrogens is 444 g/mol. The Morgan fingerprint density at radius 1 is 1.11 bits per heavy atom. The third kappa shape index (κ3) is 2.98. The van der Waals surface area contributed by atoms with Crippen molar-refractivity contribution in [2.24, 2.45) is 34.5 Å². The van der Waals surface area contributed by atoms with Gasteiger partial charge in [-0.1, -0.05) is 46.3 Å². The fourth-order valence-corrected chi connectivity index (χ4v) is 9.58. The van der Waals surface area contributed by atoms with Crippen molar-refractivity contribution in [2.45, 2.75) is 117 Å². The zero-order chi connectivity index (χ0) is 26.1. The molecular formula is C29H44O6. The molecule has 0 aromatic heterocycles. The van der Waals surface area contributed by atoms with Gasteiger partial charge >= 0.3 is 0 Å². The van der Waals surface area contributed by atoms with Gasteiger partial charge in [-0.25, -0.2) is 9.78 Å². The van der Waals surface area contributed by atoms with E-state index in [1.54, 1.807) is 0 Å². The molecule has 196 valence electrons. The van der Waals surface area contributed by atoms with E-state index in [-0.39, 0.29) is 52.9 Å². The summed E-state index contributed by atoms with van der Waals surface area (Å²) in [6, 6.07) is 0. The number of fused-ring (bicyclic) bond motifs is 2. The molecule has 0 aromatic carbocycles. The largest absolute Gasteiger partial charge is 0.392 e. The Labute approximate surface area is 210 Å². The van der Waals surface area contributed by atoms with Crippen LogP contribution < -0.4 is 0 Å². The van der Waals surface area contributed by atoms with E-state index < -0.39 is 28.6 Å². The molecule has 2 aliphatic carbocycles. The van der Waals surface area contributed by atoms with Crippen molar-refractivity contribution in [2.75, 3.05) is 0 Å². The number of hydrogen-bond donors (Lipinski definition) is 1. The summed E-state index contributed by atoms with van der Waals surface area (Å²) in [4.78, 5) is 25.0. The molecule has 6 nitrogen and oxygen atoms in total. The Morgan fingerprint density at radius 3 is 2.23 bits per heavy atom. The first-order valence-corrected chi connectivity index (χ1v) is 13.3. The van der Waals surface area contributed by atoms with Crippen LogP contribution >= 0.6 is 0 Å². The molecule has 6 aliphatic rings. The molecule has 6 heteroatoms. The van der Waals surface area contributed by atoms with E-state index in [2.05, 4.69) is 67.5 Å². The zero-order valence-electron chi connectivity index (χ0n) is 23.3. The summed E-state index contributed by atoms with van der Waals surface area (Å²) in [6.07, 6.45) is 3.38. The van der Waals surface area contributed by atoms with Gasteiger partial charge < -0.3 is 14.6 Å². The number of carbonyl (C=O) groups excluding carboxylic acids is 1. The summed E-state index contributed by atoms with van der Waals surface area (Å²) >= 11 is 0. The first-order valence-electron chi connectivity index (χ1n) is 13.3. The second-order valence-corrected chi connectivity index (χ2v) is 13.5. The maximum atomic E-state index is 13.0. The van der Waals surface area contributed by atoms with E-state index >= 15 is 0 Å². The maximum absolute atomic E-state index is 13.0. The molecule has 0 unspecified atom stereocenters. The van der Waals surface area contributed by atoms with Gasteiger partial charge in [-0.2, -0.15) is 0 Å². The lowest BCUT2D eigenvalue weighted by Crippen LogP contribution is -2.80. The van der Waals surface area contributed by atoms with Crippen LogP contribution in [0.4, 0.5) is 0 Å². The van der Waals surface area contributed by atoms with E-state index in [0.29, 0.717) is 0 Å². The van der Waals surface area contributed by atoms with Crippen LogP contribution in [0.3, 0.4) is 0 Å². The Morgan fingerprint density at radius 2 is 1.74 bits per heavy atom. The Balaban J connectivity index is 1.60. The number of epoxide rings is 1. The number of rotatable bonds is 6. The first kappa shape index (κ1) is 25.6. The van der Waals surface area contributed by atoms with Crippen LogP contribution in [0, 0.1) is 34.5 Å². The minimum atomic E-state index is -0.823. The van der Waals surface area contributed by atoms with E-state index in [9.17, 15) is 9.90 Å². The SMILES string of the molecule is CC1=C[C@]2(C)OO[C@H]1[C@]1(C)[C@H](/C(C)=C/[C@]3(C)O[C@H](C)[C@@]4(C)O[C@H]43)[C@@](C)([C@@H](O)[C@@H](C)C(=O)C(C)C)[C@@H]12. The molecule has 6 rings (SSSR count). The van der Waals surface area contributed by atoms with Crippen LogP contribution in [0.15, 0.2) is 23.3 Å². The smallest absolute Gasteiger partial charge is 0.140 e. The van der Waals surface area contributed by atoms with Gasteiger partial charge in [0.1, 0.15) is 34.8 Å². The normalized spacial score (nSPS) is 54.0. The highest BCUT2D eigenvalue weighted by Crippen LogP contribution is 2.77. The lowest BCUT2D eigenvalue weighted by atomic mass is 9.30. The predicted octanol–water partition coefficient (Wildman–Crippen LogP) is 4.80. The molecule has 1 N–H and O–H groups in total. The van der Waals surface area contributed by atoms with Crippen LogP contribution in [0.25, 0.3) is 0 Å². The Kier molecular flexibility index (Phi) is 5.33. The Hall–Kier alpha value is -1.05. The van der Waals surface area contributed by atoms with Crippen LogP contribution in [0.2, 0.25) is 0 Å².